The number of amides is 1. The van der Waals surface area contributed by atoms with Crippen LogP contribution in [0, 0.1) is 6.92 Å². The first-order valence-electron chi connectivity index (χ1n) is 8.59. The Hall–Kier alpha value is -2.55. The Balaban J connectivity index is 2.09. The van der Waals surface area contributed by atoms with Crippen LogP contribution >= 0.6 is 11.3 Å². The molecule has 9 heteroatoms. The summed E-state index contributed by atoms with van der Waals surface area (Å²) in [6, 6.07) is 9.04. The van der Waals surface area contributed by atoms with Gasteiger partial charge in [0.15, 0.2) is 5.96 Å². The van der Waals surface area contributed by atoms with Crippen LogP contribution in [0.5, 0.6) is 0 Å². The Morgan fingerprint density at radius 1 is 1.18 bits per heavy atom. The molecule has 0 unspecified atom stereocenters. The van der Waals surface area contributed by atoms with Gasteiger partial charge in [0.2, 0.25) is 5.91 Å². The summed E-state index contributed by atoms with van der Waals surface area (Å²) in [5.41, 5.74) is -0.277. The largest absolute Gasteiger partial charge is 0.416 e. The minimum Gasteiger partial charge on any atom is -0.351 e. The molecule has 28 heavy (non-hydrogen) atoms. The third kappa shape index (κ3) is 6.88. The second-order valence-electron chi connectivity index (χ2n) is 6.37. The Morgan fingerprint density at radius 3 is 2.54 bits per heavy atom. The lowest BCUT2D eigenvalue weighted by molar-refractivity contribution is -0.137. The highest BCUT2D eigenvalue weighted by molar-refractivity contribution is 7.11. The number of nitrogens with zero attached hydrogens (tertiary/aromatic N) is 2. The predicted octanol–water partition coefficient (Wildman–Crippen LogP) is 3.40. The number of carbonyl (C=O) groups is 1. The van der Waals surface area contributed by atoms with Crippen molar-refractivity contribution >= 4 is 23.2 Å². The number of hydrogen-bond acceptors (Lipinski definition) is 3. The molecule has 1 amide bonds. The normalized spacial score (nSPS) is 12.0. The van der Waals surface area contributed by atoms with Crippen LogP contribution in [0.15, 0.2) is 41.4 Å². The molecule has 2 aromatic rings. The van der Waals surface area contributed by atoms with Crippen molar-refractivity contribution in [3.05, 3.63) is 57.3 Å². The van der Waals surface area contributed by atoms with Gasteiger partial charge in [0.05, 0.1) is 25.2 Å². The lowest BCUT2D eigenvalue weighted by Crippen LogP contribution is -2.42. The molecule has 152 valence electrons. The van der Waals surface area contributed by atoms with Crippen molar-refractivity contribution in [3.63, 3.8) is 0 Å². The number of guanidine groups is 1. The number of thiophene rings is 1. The van der Waals surface area contributed by atoms with Gasteiger partial charge in [-0.15, -0.1) is 11.3 Å². The fourth-order valence-electron chi connectivity index (χ4n) is 2.26. The monoisotopic (exact) mass is 412 g/mol. The highest BCUT2D eigenvalue weighted by atomic mass is 32.1. The summed E-state index contributed by atoms with van der Waals surface area (Å²) in [5, 5.41) is 6.04. The number of aliphatic imine (C=N–C) groups is 1. The van der Waals surface area contributed by atoms with Crippen molar-refractivity contribution in [1.82, 2.24) is 15.5 Å². The van der Waals surface area contributed by atoms with Crippen LogP contribution in [-0.2, 0) is 24.1 Å². The molecule has 0 radical (unpaired) electrons. The first kappa shape index (κ1) is 21.7. The summed E-state index contributed by atoms with van der Waals surface area (Å²) < 4.78 is 38.6. The van der Waals surface area contributed by atoms with Crippen LogP contribution in [0.4, 0.5) is 13.2 Å². The molecular weight excluding hydrogens is 389 g/mol. The van der Waals surface area contributed by atoms with E-state index in [0.29, 0.717) is 18.1 Å². The molecule has 1 aromatic heterocycles. The lowest BCUT2D eigenvalue weighted by Gasteiger charge is -2.15. The van der Waals surface area contributed by atoms with Gasteiger partial charge in [0, 0.05) is 23.8 Å². The second kappa shape index (κ2) is 9.59. The standard InChI is InChI=1S/C19H23F3N4OS/c1-13-7-8-16(28-13)11-24-18(25-12-17(27)26(2)3)23-10-14-5-4-6-15(9-14)19(20,21)22/h4-9H,10-12H2,1-3H3,(H2,23,24,25). The van der Waals surface area contributed by atoms with Crippen LogP contribution in [0.1, 0.15) is 20.9 Å². The van der Waals surface area contributed by atoms with E-state index in [1.54, 1.807) is 31.5 Å². The van der Waals surface area contributed by atoms with E-state index < -0.39 is 11.7 Å². The van der Waals surface area contributed by atoms with Gasteiger partial charge in [-0.3, -0.25) is 4.79 Å². The van der Waals surface area contributed by atoms with E-state index in [-0.39, 0.29) is 19.0 Å². The fraction of sp³-hybridized carbons (Fsp3) is 0.368. The van der Waals surface area contributed by atoms with E-state index in [1.807, 2.05) is 19.1 Å². The van der Waals surface area contributed by atoms with Crippen LogP contribution in [0.2, 0.25) is 0 Å². The van der Waals surface area contributed by atoms with E-state index in [9.17, 15) is 18.0 Å². The highest BCUT2D eigenvalue weighted by Gasteiger charge is 2.30. The molecule has 5 nitrogen and oxygen atoms in total. The zero-order chi connectivity index (χ0) is 20.7. The van der Waals surface area contributed by atoms with Gasteiger partial charge in [0.1, 0.15) is 0 Å². The first-order valence-corrected chi connectivity index (χ1v) is 9.40. The van der Waals surface area contributed by atoms with Crippen molar-refractivity contribution in [2.45, 2.75) is 26.2 Å². The molecule has 0 saturated heterocycles. The van der Waals surface area contributed by atoms with Crippen molar-refractivity contribution < 1.29 is 18.0 Å². The average Bonchev–Trinajstić information content (AvgIpc) is 3.05. The molecule has 0 atom stereocenters. The van der Waals surface area contributed by atoms with Gasteiger partial charge >= 0.3 is 6.18 Å². The molecule has 0 aliphatic heterocycles. The Bertz CT molecular complexity index is 831. The maximum Gasteiger partial charge on any atom is 0.416 e. The minimum atomic E-state index is -4.39. The molecule has 1 aromatic carbocycles. The van der Waals surface area contributed by atoms with Crippen LogP contribution in [-0.4, -0.2) is 37.4 Å². The van der Waals surface area contributed by atoms with Crippen molar-refractivity contribution in [1.29, 1.82) is 0 Å². The van der Waals surface area contributed by atoms with E-state index in [2.05, 4.69) is 15.6 Å². The van der Waals surface area contributed by atoms with Gasteiger partial charge in [-0.05, 0) is 36.8 Å². The van der Waals surface area contributed by atoms with Gasteiger partial charge in [-0.2, -0.15) is 13.2 Å². The van der Waals surface area contributed by atoms with E-state index >= 15 is 0 Å². The number of aryl methyl sites for hydroxylation is 1. The summed E-state index contributed by atoms with van der Waals surface area (Å²) in [4.78, 5) is 19.9. The SMILES string of the molecule is Cc1ccc(CNC(=NCc2cccc(C(F)(F)F)c2)NCC(=O)N(C)C)s1. The van der Waals surface area contributed by atoms with Crippen LogP contribution in [0.25, 0.3) is 0 Å². The number of likely N-dealkylation sites (N-methyl/N-ethyl adjacent to an activating group) is 1. The zero-order valence-electron chi connectivity index (χ0n) is 15.9. The Kier molecular flexibility index (Phi) is 7.45. The third-order valence-electron chi connectivity index (χ3n) is 3.81. The lowest BCUT2D eigenvalue weighted by atomic mass is 10.1. The van der Waals surface area contributed by atoms with Gasteiger partial charge < -0.3 is 15.5 Å². The molecule has 0 aliphatic rings. The van der Waals surface area contributed by atoms with Gasteiger partial charge in [-0.1, -0.05) is 12.1 Å². The number of benzene rings is 1. The Morgan fingerprint density at radius 2 is 1.93 bits per heavy atom. The number of halogens is 3. The third-order valence-corrected chi connectivity index (χ3v) is 4.81. The minimum absolute atomic E-state index is 0.0326. The zero-order valence-corrected chi connectivity index (χ0v) is 16.7. The van der Waals surface area contributed by atoms with Crippen molar-refractivity contribution in [2.75, 3.05) is 20.6 Å². The van der Waals surface area contributed by atoms with Crippen molar-refractivity contribution in [3.8, 4) is 0 Å². The number of alkyl halides is 3. The first-order chi connectivity index (χ1) is 13.1. The maximum absolute atomic E-state index is 12.9. The summed E-state index contributed by atoms with van der Waals surface area (Å²) in [6.45, 7) is 2.59. The smallest absolute Gasteiger partial charge is 0.351 e. The van der Waals surface area contributed by atoms with Crippen LogP contribution < -0.4 is 10.6 Å². The second-order valence-corrected chi connectivity index (χ2v) is 7.74. The van der Waals surface area contributed by atoms with E-state index in [4.69, 9.17) is 0 Å². The van der Waals surface area contributed by atoms with Gasteiger partial charge in [0.25, 0.3) is 0 Å². The summed E-state index contributed by atoms with van der Waals surface area (Å²) >= 11 is 1.63. The molecule has 0 bridgehead atoms. The number of rotatable bonds is 6. The molecule has 0 spiro atoms. The molecule has 0 fully saturated rings. The summed E-state index contributed by atoms with van der Waals surface area (Å²) in [5.74, 6) is 0.221. The predicted molar refractivity (Wildman–Crippen MR) is 105 cm³/mol. The average molecular weight is 412 g/mol. The van der Waals surface area contributed by atoms with Gasteiger partial charge in [-0.25, -0.2) is 4.99 Å². The molecule has 2 N–H and O–H groups in total. The number of carbonyl (C=O) groups excluding carboxylic acids is 1. The highest BCUT2D eigenvalue weighted by Crippen LogP contribution is 2.29. The maximum atomic E-state index is 12.9. The number of hydrogen-bond donors (Lipinski definition) is 2. The number of nitrogens with one attached hydrogen (secondary N) is 2. The summed E-state index contributed by atoms with van der Waals surface area (Å²) in [7, 11) is 3.29. The van der Waals surface area contributed by atoms with Crippen LogP contribution in [0.3, 0.4) is 0 Å². The van der Waals surface area contributed by atoms with Crippen molar-refractivity contribution in [2.24, 2.45) is 4.99 Å². The summed E-state index contributed by atoms with van der Waals surface area (Å²) in [6.07, 6.45) is -4.39. The molecule has 0 saturated carbocycles. The Labute approximate surface area is 166 Å². The van der Waals surface area contributed by atoms with E-state index in [0.717, 1.165) is 17.0 Å². The topological polar surface area (TPSA) is 56.7 Å². The van der Waals surface area contributed by atoms with E-state index in [1.165, 1.54) is 15.8 Å². The fourth-order valence-corrected chi connectivity index (χ4v) is 3.09. The quantitative estimate of drug-likeness (QED) is 0.565. The molecule has 1 heterocycles. The molecule has 0 aliphatic carbocycles. The molecular formula is C19H23F3N4OS. The molecule has 2 rings (SSSR count).